The average Bonchev–Trinajstić information content (AvgIpc) is 3.09. The summed E-state index contributed by atoms with van der Waals surface area (Å²) in [5.74, 6) is -2.71. The number of amides is 1. The Labute approximate surface area is 212 Å². The first-order valence-electron chi connectivity index (χ1n) is 10.2. The Hall–Kier alpha value is -3.69. The zero-order chi connectivity index (χ0) is 26.4. The molecule has 186 valence electrons. The van der Waals surface area contributed by atoms with Gasteiger partial charge in [0.25, 0.3) is 11.7 Å². The van der Waals surface area contributed by atoms with Gasteiger partial charge in [0, 0.05) is 11.3 Å². The second-order valence-corrected chi connectivity index (χ2v) is 8.59. The minimum absolute atomic E-state index is 0.00646. The van der Waals surface area contributed by atoms with Crippen molar-refractivity contribution < 1.29 is 37.7 Å². The fourth-order valence-corrected chi connectivity index (χ4v) is 4.57. The molecule has 3 aromatic rings. The number of ketones is 1. The average molecular weight is 538 g/mol. The molecule has 1 aliphatic rings. The van der Waals surface area contributed by atoms with Crippen molar-refractivity contribution in [2.24, 2.45) is 0 Å². The van der Waals surface area contributed by atoms with E-state index in [1.165, 1.54) is 43.5 Å². The van der Waals surface area contributed by atoms with Crippen molar-refractivity contribution >= 4 is 46.3 Å². The topological polar surface area (TPSA) is 87.1 Å². The van der Waals surface area contributed by atoms with Gasteiger partial charge in [-0.25, -0.2) is 0 Å². The molecule has 3 aromatic carbocycles. The molecule has 0 bridgehead atoms. The third kappa shape index (κ3) is 4.47. The van der Waals surface area contributed by atoms with Gasteiger partial charge in [0.2, 0.25) is 0 Å². The van der Waals surface area contributed by atoms with Crippen LogP contribution in [0.15, 0.2) is 66.2 Å². The van der Waals surface area contributed by atoms with Crippen LogP contribution in [0.3, 0.4) is 0 Å². The van der Waals surface area contributed by atoms with E-state index in [2.05, 4.69) is 0 Å². The first kappa shape index (κ1) is 25.4. The minimum atomic E-state index is -4.60. The Kier molecular flexibility index (Phi) is 6.64. The predicted molar refractivity (Wildman–Crippen MR) is 127 cm³/mol. The number of nitrogens with zero attached hydrogens (tertiary/aromatic N) is 1. The number of alkyl halides is 3. The maximum atomic E-state index is 13.1. The summed E-state index contributed by atoms with van der Waals surface area (Å²) in [4.78, 5) is 27.2. The van der Waals surface area contributed by atoms with Gasteiger partial charge in [-0.1, -0.05) is 35.3 Å². The Balaban J connectivity index is 1.92. The number of aromatic hydroxyl groups is 1. The van der Waals surface area contributed by atoms with Gasteiger partial charge in [0.15, 0.2) is 5.75 Å². The summed E-state index contributed by atoms with van der Waals surface area (Å²) in [7, 11) is 1.34. The number of anilines is 1. The highest BCUT2D eigenvalue weighted by molar-refractivity contribution is 6.51. The van der Waals surface area contributed by atoms with E-state index in [-0.39, 0.29) is 38.4 Å². The number of phenols is 1. The van der Waals surface area contributed by atoms with Crippen LogP contribution in [0.4, 0.5) is 18.9 Å². The van der Waals surface area contributed by atoms with Crippen molar-refractivity contribution in [1.82, 2.24) is 0 Å². The van der Waals surface area contributed by atoms with E-state index in [1.807, 2.05) is 0 Å². The highest BCUT2D eigenvalue weighted by Crippen LogP contribution is 2.44. The summed E-state index contributed by atoms with van der Waals surface area (Å²) in [5.41, 5.74) is -0.971. The molecule has 0 radical (unpaired) electrons. The van der Waals surface area contributed by atoms with Crippen molar-refractivity contribution in [2.45, 2.75) is 12.2 Å². The van der Waals surface area contributed by atoms with Crippen LogP contribution in [0.2, 0.25) is 10.0 Å². The summed E-state index contributed by atoms with van der Waals surface area (Å²) in [5, 5.41) is 20.9. The summed E-state index contributed by atoms with van der Waals surface area (Å²) in [6.45, 7) is 0. The maximum absolute atomic E-state index is 13.1. The van der Waals surface area contributed by atoms with Gasteiger partial charge in [-0.05, 0) is 54.1 Å². The molecule has 1 aliphatic heterocycles. The number of aliphatic hydroxyl groups excluding tert-OH is 1. The van der Waals surface area contributed by atoms with Gasteiger partial charge in [0.05, 0.1) is 34.3 Å². The number of Topliss-reactive ketones (excluding diaryl/α,β-unsaturated/α-hetero) is 1. The van der Waals surface area contributed by atoms with Crippen LogP contribution < -0.4 is 9.64 Å². The van der Waals surface area contributed by atoms with Crippen LogP contribution in [0.1, 0.15) is 22.7 Å². The third-order valence-electron chi connectivity index (χ3n) is 5.60. The number of hydrogen-bond acceptors (Lipinski definition) is 5. The molecule has 0 aliphatic carbocycles. The number of carbonyl (C=O) groups excluding carboxylic acids is 2. The lowest BCUT2D eigenvalue weighted by molar-refractivity contribution is -0.137. The number of aliphatic hydroxyl groups is 1. The molecule has 1 heterocycles. The molecule has 2 N–H and O–H groups in total. The van der Waals surface area contributed by atoms with Crippen LogP contribution in [0, 0.1) is 0 Å². The van der Waals surface area contributed by atoms with E-state index >= 15 is 0 Å². The normalized spacial score (nSPS) is 17.5. The quantitative estimate of drug-likeness (QED) is 0.230. The zero-order valence-electron chi connectivity index (χ0n) is 18.3. The van der Waals surface area contributed by atoms with Crippen molar-refractivity contribution in [3.05, 3.63) is 93.0 Å². The third-order valence-corrected chi connectivity index (χ3v) is 6.16. The number of phenolic OH excluding ortho intramolecular Hbond substituents is 1. The predicted octanol–water partition coefficient (Wildman–Crippen LogP) is 6.35. The Morgan fingerprint density at radius 1 is 0.972 bits per heavy atom. The molecule has 11 heteroatoms. The van der Waals surface area contributed by atoms with E-state index in [0.717, 1.165) is 29.2 Å². The number of methoxy groups -OCH3 is 1. The van der Waals surface area contributed by atoms with Crippen LogP contribution in [-0.2, 0) is 15.8 Å². The number of carbonyl (C=O) groups is 2. The second kappa shape index (κ2) is 9.40. The van der Waals surface area contributed by atoms with Crippen molar-refractivity contribution in [2.75, 3.05) is 12.0 Å². The van der Waals surface area contributed by atoms with Crippen molar-refractivity contribution in [3.63, 3.8) is 0 Å². The number of rotatable bonds is 4. The molecule has 1 fully saturated rings. The van der Waals surface area contributed by atoms with Gasteiger partial charge in [-0.2, -0.15) is 13.2 Å². The molecular formula is C25H16Cl2F3NO5. The van der Waals surface area contributed by atoms with E-state index in [4.69, 9.17) is 27.9 Å². The molecule has 1 amide bonds. The van der Waals surface area contributed by atoms with E-state index in [0.29, 0.717) is 5.56 Å². The second-order valence-electron chi connectivity index (χ2n) is 7.78. The Bertz CT molecular complexity index is 1360. The molecule has 0 spiro atoms. The minimum Gasteiger partial charge on any atom is -0.508 e. The molecular weight excluding hydrogens is 522 g/mol. The largest absolute Gasteiger partial charge is 0.508 e. The first-order chi connectivity index (χ1) is 16.9. The van der Waals surface area contributed by atoms with Crippen molar-refractivity contribution in [3.8, 4) is 11.5 Å². The molecule has 1 saturated heterocycles. The maximum Gasteiger partial charge on any atom is 0.416 e. The lowest BCUT2D eigenvalue weighted by atomic mass is 9.95. The molecule has 0 aromatic heterocycles. The van der Waals surface area contributed by atoms with E-state index in [9.17, 15) is 33.0 Å². The SMILES string of the molecule is COc1c(Cl)cc(/C(O)=C2\C(=O)C(=O)N(c3ccc(C(F)(F)F)cc3)C2c2ccc(O)cc2)cc1Cl. The van der Waals surface area contributed by atoms with Gasteiger partial charge in [-0.3, -0.25) is 14.5 Å². The fraction of sp³-hybridized carbons (Fsp3) is 0.120. The van der Waals surface area contributed by atoms with Gasteiger partial charge in [-0.15, -0.1) is 0 Å². The first-order valence-corrected chi connectivity index (χ1v) is 11.0. The number of halogens is 5. The van der Waals surface area contributed by atoms with Gasteiger partial charge in [0.1, 0.15) is 11.5 Å². The van der Waals surface area contributed by atoms with Gasteiger partial charge >= 0.3 is 6.18 Å². The molecule has 4 rings (SSSR count). The monoisotopic (exact) mass is 537 g/mol. The van der Waals surface area contributed by atoms with Crippen LogP contribution >= 0.6 is 23.2 Å². The molecule has 1 atom stereocenters. The highest BCUT2D eigenvalue weighted by atomic mass is 35.5. The van der Waals surface area contributed by atoms with Crippen LogP contribution in [-0.4, -0.2) is 29.0 Å². The van der Waals surface area contributed by atoms with Gasteiger partial charge < -0.3 is 14.9 Å². The molecule has 1 unspecified atom stereocenters. The Morgan fingerprint density at radius 2 is 1.53 bits per heavy atom. The Morgan fingerprint density at radius 3 is 2.03 bits per heavy atom. The summed E-state index contributed by atoms with van der Waals surface area (Å²) >= 11 is 12.3. The summed E-state index contributed by atoms with van der Waals surface area (Å²) < 4.78 is 44.3. The fourth-order valence-electron chi connectivity index (χ4n) is 3.93. The van der Waals surface area contributed by atoms with E-state index in [1.54, 1.807) is 0 Å². The number of benzene rings is 3. The number of ether oxygens (including phenoxy) is 1. The molecule has 6 nitrogen and oxygen atoms in total. The summed E-state index contributed by atoms with van der Waals surface area (Å²) in [6.07, 6.45) is -4.60. The zero-order valence-corrected chi connectivity index (χ0v) is 19.8. The standard InChI is InChI=1S/C25H16Cl2F3NO5/c1-36-23-17(26)10-13(11-18(23)27)21(33)19-20(12-2-8-16(32)9-3-12)31(24(35)22(19)34)15-6-4-14(5-7-15)25(28,29)30/h2-11,20,32-33H,1H3/b21-19+. The van der Waals surface area contributed by atoms with E-state index < -0.39 is 35.2 Å². The lowest BCUT2D eigenvalue weighted by Crippen LogP contribution is -2.29. The lowest BCUT2D eigenvalue weighted by Gasteiger charge is -2.26. The van der Waals surface area contributed by atoms with Crippen molar-refractivity contribution in [1.29, 1.82) is 0 Å². The van der Waals surface area contributed by atoms with Crippen LogP contribution in [0.25, 0.3) is 5.76 Å². The highest BCUT2D eigenvalue weighted by Gasteiger charge is 2.47. The smallest absolute Gasteiger partial charge is 0.416 e. The number of hydrogen-bond donors (Lipinski definition) is 2. The summed E-state index contributed by atoms with van der Waals surface area (Å²) in [6, 6.07) is 10.5. The molecule has 36 heavy (non-hydrogen) atoms. The molecule has 0 saturated carbocycles. The van der Waals surface area contributed by atoms with Crippen LogP contribution in [0.5, 0.6) is 11.5 Å².